The molecule has 238 valence electrons. The van der Waals surface area contributed by atoms with Crippen molar-refractivity contribution in [2.75, 3.05) is 6.79 Å². The van der Waals surface area contributed by atoms with Crippen LogP contribution in [0.15, 0.2) is 96.4 Å². The molecule has 1 aliphatic heterocycles. The summed E-state index contributed by atoms with van der Waals surface area (Å²) in [6.45, 7) is 2.17. The summed E-state index contributed by atoms with van der Waals surface area (Å²) in [6.07, 6.45) is 1.16. The maximum Gasteiger partial charge on any atom is 0.279 e. The number of hydroxylamine groups is 1. The fourth-order valence-corrected chi connectivity index (χ4v) is 5.48. The van der Waals surface area contributed by atoms with Crippen LogP contribution in [0.1, 0.15) is 52.1 Å². The summed E-state index contributed by atoms with van der Waals surface area (Å²) in [5.74, 6) is -0.212. The number of hydrogen-bond donors (Lipinski definition) is 2. The van der Waals surface area contributed by atoms with Gasteiger partial charge in [-0.25, -0.2) is 18.6 Å². The van der Waals surface area contributed by atoms with Gasteiger partial charge in [-0.2, -0.15) is 0 Å². The van der Waals surface area contributed by atoms with Crippen LogP contribution in [-0.4, -0.2) is 27.0 Å². The van der Waals surface area contributed by atoms with Crippen molar-refractivity contribution in [1.82, 2.24) is 10.2 Å². The van der Waals surface area contributed by atoms with E-state index in [-0.39, 0.29) is 13.4 Å². The molecule has 0 radical (unpaired) electrons. The van der Waals surface area contributed by atoms with E-state index in [1.807, 2.05) is 37.3 Å². The molecular formula is C34H31ClN2O8S. The van der Waals surface area contributed by atoms with E-state index in [2.05, 4.69) is 10.2 Å². The lowest BCUT2D eigenvalue weighted by molar-refractivity contribution is -0.126. The van der Waals surface area contributed by atoms with Crippen LogP contribution < -0.4 is 24.4 Å². The Morgan fingerprint density at radius 3 is 2.48 bits per heavy atom. The van der Waals surface area contributed by atoms with E-state index in [0.29, 0.717) is 57.4 Å². The van der Waals surface area contributed by atoms with Gasteiger partial charge in [-0.05, 0) is 71.7 Å². The Balaban J connectivity index is 1.37. The molecule has 46 heavy (non-hydrogen) atoms. The predicted octanol–water partition coefficient (Wildman–Crippen LogP) is 6.12. The zero-order valence-electron chi connectivity index (χ0n) is 24.8. The van der Waals surface area contributed by atoms with E-state index < -0.39 is 27.9 Å². The van der Waals surface area contributed by atoms with Crippen molar-refractivity contribution in [3.63, 3.8) is 0 Å². The second kappa shape index (κ2) is 15.0. The van der Waals surface area contributed by atoms with Gasteiger partial charge in [-0.3, -0.25) is 14.4 Å². The van der Waals surface area contributed by atoms with Gasteiger partial charge < -0.3 is 14.2 Å². The molecule has 10 nitrogen and oxygen atoms in total. The quantitative estimate of drug-likeness (QED) is 0.164. The molecule has 0 aromatic heterocycles. The van der Waals surface area contributed by atoms with Gasteiger partial charge in [0, 0.05) is 16.1 Å². The van der Waals surface area contributed by atoms with Crippen molar-refractivity contribution in [1.29, 1.82) is 0 Å². The van der Waals surface area contributed by atoms with Crippen molar-refractivity contribution in [2.24, 2.45) is 0 Å². The number of aryl methyl sites for hydroxylation is 1. The molecule has 5 rings (SSSR count). The number of hydrogen-bond acceptors (Lipinski definition) is 8. The predicted molar refractivity (Wildman–Crippen MR) is 173 cm³/mol. The number of rotatable bonds is 13. The number of halogens is 1. The van der Waals surface area contributed by atoms with E-state index in [1.54, 1.807) is 54.6 Å². The third-order valence-corrected chi connectivity index (χ3v) is 8.06. The monoisotopic (exact) mass is 662 g/mol. The molecule has 0 saturated heterocycles. The third-order valence-electron chi connectivity index (χ3n) is 6.82. The topological polar surface area (TPSA) is 129 Å². The number of nitrogens with one attached hydrogen (secondary N) is 2. The molecule has 1 unspecified atom stereocenters. The van der Waals surface area contributed by atoms with Crippen LogP contribution in [0.5, 0.6) is 17.2 Å². The van der Waals surface area contributed by atoms with Crippen molar-refractivity contribution >= 4 is 39.5 Å². The zero-order valence-corrected chi connectivity index (χ0v) is 26.3. The Bertz CT molecular complexity index is 1830. The first-order valence-electron chi connectivity index (χ1n) is 14.4. The van der Waals surface area contributed by atoms with Crippen molar-refractivity contribution in [2.45, 2.75) is 32.5 Å². The van der Waals surface area contributed by atoms with Crippen molar-refractivity contribution < 1.29 is 37.1 Å². The lowest BCUT2D eigenvalue weighted by Crippen LogP contribution is -2.36. The summed E-state index contributed by atoms with van der Waals surface area (Å²) in [5, 5.41) is 1.39. The Labute approximate surface area is 271 Å². The maximum atomic E-state index is 13.6. The molecule has 0 spiro atoms. The highest BCUT2D eigenvalue weighted by atomic mass is 35.5. The fourth-order valence-electron chi connectivity index (χ4n) is 4.56. The Kier molecular flexibility index (Phi) is 10.6. The van der Waals surface area contributed by atoms with Crippen LogP contribution in [0, 0.1) is 0 Å². The van der Waals surface area contributed by atoms with Gasteiger partial charge in [0.05, 0.1) is 12.0 Å². The SMILES string of the molecule is CCCc1cc(C(=O)NOCc2ccccc2)ccc1OC(C(=O)NS(=O)(=O)/C=C/c1ccc(Cl)cc1)c1ccc2c(c1)OCO2. The van der Waals surface area contributed by atoms with E-state index in [0.717, 1.165) is 11.0 Å². The number of amides is 2. The van der Waals surface area contributed by atoms with Gasteiger partial charge in [-0.1, -0.05) is 73.5 Å². The molecule has 1 atom stereocenters. The molecule has 1 aliphatic rings. The zero-order chi connectivity index (χ0) is 32.5. The second-order valence-corrected chi connectivity index (χ2v) is 12.3. The number of fused-ring (bicyclic) bond motifs is 1. The van der Waals surface area contributed by atoms with Gasteiger partial charge >= 0.3 is 0 Å². The van der Waals surface area contributed by atoms with E-state index in [9.17, 15) is 18.0 Å². The summed E-state index contributed by atoms with van der Waals surface area (Å²) < 4.78 is 45.0. The minimum absolute atomic E-state index is 0.0135. The molecule has 0 aliphatic carbocycles. The van der Waals surface area contributed by atoms with E-state index >= 15 is 0 Å². The lowest BCUT2D eigenvalue weighted by Gasteiger charge is -2.21. The second-order valence-electron chi connectivity index (χ2n) is 10.3. The van der Waals surface area contributed by atoms with Gasteiger partial charge in [0.1, 0.15) is 5.75 Å². The Morgan fingerprint density at radius 2 is 1.72 bits per heavy atom. The number of sulfonamides is 1. The molecular weight excluding hydrogens is 632 g/mol. The molecule has 2 amide bonds. The first kappa shape index (κ1) is 32.6. The van der Waals surface area contributed by atoms with Crippen molar-refractivity contribution in [3.8, 4) is 17.2 Å². The van der Waals surface area contributed by atoms with Crippen LogP contribution >= 0.6 is 11.6 Å². The number of ether oxygens (including phenoxy) is 3. The molecule has 4 aromatic carbocycles. The molecule has 0 fully saturated rings. The van der Waals surface area contributed by atoms with Crippen LogP contribution in [0.25, 0.3) is 6.08 Å². The van der Waals surface area contributed by atoms with Crippen LogP contribution in [-0.2, 0) is 32.7 Å². The van der Waals surface area contributed by atoms with Crippen molar-refractivity contribution in [3.05, 3.63) is 129 Å². The summed E-state index contributed by atoms with van der Waals surface area (Å²) in [6, 6.07) is 25.5. The van der Waals surface area contributed by atoms with Crippen LogP contribution in [0.4, 0.5) is 0 Å². The van der Waals surface area contributed by atoms with Crippen LogP contribution in [0.3, 0.4) is 0 Å². The number of carbonyl (C=O) groups is 2. The first-order chi connectivity index (χ1) is 22.2. The summed E-state index contributed by atoms with van der Waals surface area (Å²) in [5.41, 5.74) is 5.21. The highest BCUT2D eigenvalue weighted by Gasteiger charge is 2.29. The smallest absolute Gasteiger partial charge is 0.279 e. The van der Waals surface area contributed by atoms with Gasteiger partial charge in [-0.15, -0.1) is 0 Å². The highest BCUT2D eigenvalue weighted by molar-refractivity contribution is 7.93. The average Bonchev–Trinajstić information content (AvgIpc) is 3.52. The van der Waals surface area contributed by atoms with Gasteiger partial charge in [0.15, 0.2) is 11.5 Å². The maximum absolute atomic E-state index is 13.6. The van der Waals surface area contributed by atoms with E-state index in [1.165, 1.54) is 12.1 Å². The van der Waals surface area contributed by atoms with E-state index in [4.69, 9.17) is 30.6 Å². The molecule has 0 bridgehead atoms. The first-order valence-corrected chi connectivity index (χ1v) is 16.3. The number of carbonyl (C=O) groups excluding carboxylic acids is 2. The molecule has 2 N–H and O–H groups in total. The molecule has 1 heterocycles. The Hall–Kier alpha value is -4.84. The lowest BCUT2D eigenvalue weighted by atomic mass is 10.0. The third kappa shape index (κ3) is 8.66. The average molecular weight is 663 g/mol. The largest absolute Gasteiger partial charge is 0.475 e. The minimum atomic E-state index is -4.23. The summed E-state index contributed by atoms with van der Waals surface area (Å²) in [4.78, 5) is 31.8. The molecule has 0 saturated carbocycles. The number of benzene rings is 4. The highest BCUT2D eigenvalue weighted by Crippen LogP contribution is 2.36. The van der Waals surface area contributed by atoms with Gasteiger partial charge in [0.25, 0.3) is 21.8 Å². The normalized spacial score (nSPS) is 12.9. The summed E-state index contributed by atoms with van der Waals surface area (Å²) in [7, 11) is -4.23. The summed E-state index contributed by atoms with van der Waals surface area (Å²) >= 11 is 5.91. The molecule has 12 heteroatoms. The Morgan fingerprint density at radius 1 is 0.957 bits per heavy atom. The fraction of sp³-hybridized carbons (Fsp3) is 0.176. The van der Waals surface area contributed by atoms with Gasteiger partial charge in [0.2, 0.25) is 12.9 Å². The minimum Gasteiger partial charge on any atom is -0.475 e. The standard InChI is InChI=1S/C34H31ClN2O8S/c1-2-6-25-19-27(33(38)36-44-21-24-7-4-3-5-8-24)12-15-29(25)45-32(26-11-16-30-31(20-26)43-22-42-30)34(39)37-46(40,41)18-17-23-9-13-28(35)14-10-23/h3-5,7-20,32H,2,6,21-22H2,1H3,(H,36,38)(H,37,39)/b18-17+. The van der Waals surface area contributed by atoms with Crippen LogP contribution in [0.2, 0.25) is 5.02 Å². The molecule has 4 aromatic rings.